The molecule has 156 valence electrons. The lowest BCUT2D eigenvalue weighted by Gasteiger charge is -2.12. The second-order valence-electron chi connectivity index (χ2n) is 6.66. The Balaban J connectivity index is 1.79. The molecule has 4 amide bonds. The maximum Gasteiger partial charge on any atom is 0.324 e. The summed E-state index contributed by atoms with van der Waals surface area (Å²) < 4.78 is 0. The first kappa shape index (κ1) is 22.4. The highest BCUT2D eigenvalue weighted by atomic mass is 16.2. The number of anilines is 2. The molecule has 30 heavy (non-hydrogen) atoms. The van der Waals surface area contributed by atoms with Crippen molar-refractivity contribution >= 4 is 29.4 Å². The summed E-state index contributed by atoms with van der Waals surface area (Å²) in [5, 5.41) is 19.0. The van der Waals surface area contributed by atoms with Gasteiger partial charge >= 0.3 is 6.03 Å². The van der Waals surface area contributed by atoms with Crippen molar-refractivity contribution in [1.82, 2.24) is 15.6 Å². The minimum Gasteiger partial charge on any atom is -0.352 e. The SMILES string of the molecule is CC(CCNC(=O)c1cccc(NC(=O)Nc2ccccn2)c1)CC(=O)NCC#N. The minimum atomic E-state index is -0.463. The lowest BCUT2D eigenvalue weighted by molar-refractivity contribution is -0.121. The minimum absolute atomic E-state index is 0.00739. The molecule has 9 heteroatoms. The van der Waals surface area contributed by atoms with Crippen LogP contribution >= 0.6 is 0 Å². The molecule has 1 aromatic carbocycles. The van der Waals surface area contributed by atoms with Crippen molar-refractivity contribution in [2.75, 3.05) is 23.7 Å². The Kier molecular flexibility index (Phi) is 8.80. The maximum atomic E-state index is 12.4. The number of benzene rings is 1. The number of aromatic nitrogens is 1. The van der Waals surface area contributed by atoms with Gasteiger partial charge in [-0.15, -0.1) is 0 Å². The molecule has 0 bridgehead atoms. The molecular weight excluding hydrogens is 384 g/mol. The molecule has 0 aliphatic carbocycles. The molecule has 0 saturated heterocycles. The number of pyridine rings is 1. The second-order valence-corrected chi connectivity index (χ2v) is 6.66. The van der Waals surface area contributed by atoms with E-state index in [9.17, 15) is 14.4 Å². The Labute approximate surface area is 174 Å². The molecule has 9 nitrogen and oxygen atoms in total. The summed E-state index contributed by atoms with van der Waals surface area (Å²) in [5.41, 5.74) is 0.878. The standard InChI is InChI=1S/C21H24N6O3/c1-15(13-19(28)24-12-9-22)8-11-25-20(29)16-5-4-6-17(14-16)26-21(30)27-18-7-2-3-10-23-18/h2-7,10,14-15H,8,11-13H2,1H3,(H,24,28)(H,25,29)(H2,23,26,27,30). The van der Waals surface area contributed by atoms with Crippen molar-refractivity contribution in [3.63, 3.8) is 0 Å². The molecule has 1 aromatic heterocycles. The summed E-state index contributed by atoms with van der Waals surface area (Å²) in [4.78, 5) is 40.0. The summed E-state index contributed by atoms with van der Waals surface area (Å²) in [6, 6.07) is 13.1. The van der Waals surface area contributed by atoms with E-state index < -0.39 is 6.03 Å². The van der Waals surface area contributed by atoms with E-state index in [0.29, 0.717) is 36.5 Å². The van der Waals surface area contributed by atoms with Crippen molar-refractivity contribution in [2.24, 2.45) is 5.92 Å². The maximum absolute atomic E-state index is 12.4. The predicted molar refractivity (Wildman–Crippen MR) is 113 cm³/mol. The number of rotatable bonds is 9. The zero-order valence-corrected chi connectivity index (χ0v) is 16.6. The highest BCUT2D eigenvalue weighted by molar-refractivity contribution is 6.01. The van der Waals surface area contributed by atoms with Crippen LogP contribution < -0.4 is 21.3 Å². The fourth-order valence-electron chi connectivity index (χ4n) is 2.62. The summed E-state index contributed by atoms with van der Waals surface area (Å²) >= 11 is 0. The summed E-state index contributed by atoms with van der Waals surface area (Å²) in [7, 11) is 0. The number of nitrogens with zero attached hydrogens (tertiary/aromatic N) is 2. The van der Waals surface area contributed by atoms with Gasteiger partial charge in [0.1, 0.15) is 12.4 Å². The summed E-state index contributed by atoms with van der Waals surface area (Å²) in [6.07, 6.45) is 2.48. The highest BCUT2D eigenvalue weighted by Crippen LogP contribution is 2.12. The molecule has 2 aromatic rings. The molecule has 1 atom stereocenters. The van der Waals surface area contributed by atoms with E-state index in [0.717, 1.165) is 0 Å². The first-order chi connectivity index (χ1) is 14.5. The number of hydrogen-bond acceptors (Lipinski definition) is 5. The van der Waals surface area contributed by atoms with Gasteiger partial charge in [0, 0.05) is 30.4 Å². The molecule has 0 aliphatic rings. The van der Waals surface area contributed by atoms with Crippen molar-refractivity contribution in [3.05, 3.63) is 54.2 Å². The van der Waals surface area contributed by atoms with Crippen LogP contribution in [-0.4, -0.2) is 35.9 Å². The molecule has 1 unspecified atom stereocenters. The van der Waals surface area contributed by atoms with E-state index in [1.807, 2.05) is 13.0 Å². The van der Waals surface area contributed by atoms with Crippen LogP contribution in [0.25, 0.3) is 0 Å². The number of hydrogen-bond donors (Lipinski definition) is 4. The van der Waals surface area contributed by atoms with Gasteiger partial charge in [-0.25, -0.2) is 9.78 Å². The molecular formula is C21H24N6O3. The van der Waals surface area contributed by atoms with Gasteiger partial charge < -0.3 is 16.0 Å². The van der Waals surface area contributed by atoms with Gasteiger partial charge in [0.2, 0.25) is 5.91 Å². The fourth-order valence-corrected chi connectivity index (χ4v) is 2.62. The molecule has 0 aliphatic heterocycles. The van der Waals surface area contributed by atoms with Gasteiger partial charge in [0.15, 0.2) is 0 Å². The molecule has 0 fully saturated rings. The molecule has 0 saturated carbocycles. The molecule has 1 heterocycles. The Hall–Kier alpha value is -3.93. The van der Waals surface area contributed by atoms with E-state index in [1.165, 1.54) is 0 Å². The Bertz CT molecular complexity index is 910. The molecule has 0 radical (unpaired) electrons. The Morgan fingerprint density at radius 2 is 1.93 bits per heavy atom. The lowest BCUT2D eigenvalue weighted by Crippen LogP contribution is -2.28. The highest BCUT2D eigenvalue weighted by Gasteiger charge is 2.11. The predicted octanol–water partition coefficient (Wildman–Crippen LogP) is 2.51. The third-order valence-electron chi connectivity index (χ3n) is 4.11. The van der Waals surface area contributed by atoms with E-state index in [2.05, 4.69) is 26.3 Å². The van der Waals surface area contributed by atoms with Crippen LogP contribution in [0.1, 0.15) is 30.1 Å². The summed E-state index contributed by atoms with van der Waals surface area (Å²) in [5.74, 6) is 0.0228. The first-order valence-corrected chi connectivity index (χ1v) is 9.49. The smallest absolute Gasteiger partial charge is 0.324 e. The number of carbonyl (C=O) groups excluding carboxylic acids is 3. The van der Waals surface area contributed by atoms with Crippen molar-refractivity contribution in [2.45, 2.75) is 19.8 Å². The fraction of sp³-hybridized carbons (Fsp3) is 0.286. The monoisotopic (exact) mass is 408 g/mol. The van der Waals surface area contributed by atoms with E-state index in [1.54, 1.807) is 48.7 Å². The van der Waals surface area contributed by atoms with Crippen LogP contribution in [0.4, 0.5) is 16.3 Å². The van der Waals surface area contributed by atoms with Crippen LogP contribution in [0.15, 0.2) is 48.7 Å². The van der Waals surface area contributed by atoms with E-state index in [-0.39, 0.29) is 24.3 Å². The number of nitrogens with one attached hydrogen (secondary N) is 4. The lowest BCUT2D eigenvalue weighted by atomic mass is 10.0. The van der Waals surface area contributed by atoms with Crippen molar-refractivity contribution in [3.8, 4) is 6.07 Å². The van der Waals surface area contributed by atoms with Crippen LogP contribution in [-0.2, 0) is 4.79 Å². The first-order valence-electron chi connectivity index (χ1n) is 9.49. The van der Waals surface area contributed by atoms with Crippen molar-refractivity contribution < 1.29 is 14.4 Å². The topological polar surface area (TPSA) is 136 Å². The van der Waals surface area contributed by atoms with Crippen LogP contribution in [0.3, 0.4) is 0 Å². The van der Waals surface area contributed by atoms with Gasteiger partial charge in [0.25, 0.3) is 5.91 Å². The van der Waals surface area contributed by atoms with Gasteiger partial charge in [-0.1, -0.05) is 19.1 Å². The normalized spacial score (nSPS) is 10.9. The third-order valence-corrected chi connectivity index (χ3v) is 4.11. The molecule has 4 N–H and O–H groups in total. The zero-order valence-electron chi connectivity index (χ0n) is 16.6. The van der Waals surface area contributed by atoms with Crippen LogP contribution in [0.2, 0.25) is 0 Å². The Morgan fingerprint density at radius 1 is 1.10 bits per heavy atom. The average Bonchev–Trinajstić information content (AvgIpc) is 2.73. The average molecular weight is 408 g/mol. The van der Waals surface area contributed by atoms with E-state index >= 15 is 0 Å². The third kappa shape index (κ3) is 7.98. The van der Waals surface area contributed by atoms with Gasteiger partial charge in [-0.2, -0.15) is 5.26 Å². The van der Waals surface area contributed by atoms with Crippen LogP contribution in [0.5, 0.6) is 0 Å². The number of amides is 4. The molecule has 2 rings (SSSR count). The number of carbonyl (C=O) groups is 3. The zero-order chi connectivity index (χ0) is 21.8. The largest absolute Gasteiger partial charge is 0.352 e. The van der Waals surface area contributed by atoms with Crippen molar-refractivity contribution in [1.29, 1.82) is 5.26 Å². The molecule has 0 spiro atoms. The van der Waals surface area contributed by atoms with E-state index in [4.69, 9.17) is 5.26 Å². The quantitative estimate of drug-likeness (QED) is 0.473. The number of urea groups is 1. The second kappa shape index (κ2) is 11.8. The summed E-state index contributed by atoms with van der Waals surface area (Å²) in [6.45, 7) is 2.30. The van der Waals surface area contributed by atoms with Gasteiger partial charge in [0.05, 0.1) is 6.07 Å². The number of nitriles is 1. The van der Waals surface area contributed by atoms with Gasteiger partial charge in [-0.05, 0) is 42.7 Å². The van der Waals surface area contributed by atoms with Gasteiger partial charge in [-0.3, -0.25) is 14.9 Å². The Morgan fingerprint density at radius 3 is 2.67 bits per heavy atom. The van der Waals surface area contributed by atoms with Crippen LogP contribution in [0, 0.1) is 17.2 Å².